The Morgan fingerprint density at radius 2 is 0.744 bits per heavy atom. The molecule has 1 aliphatic heterocycles. The highest BCUT2D eigenvalue weighted by Gasteiger charge is 2.44. The zero-order valence-corrected chi connectivity index (χ0v) is 51.2. The molecule has 1 fully saturated rings. The summed E-state index contributed by atoms with van der Waals surface area (Å²) < 4.78 is 11.2. The second-order valence-corrected chi connectivity index (χ2v) is 24.3. The highest BCUT2D eigenvalue weighted by molar-refractivity contribution is 5.80. The predicted molar refractivity (Wildman–Crippen MR) is 326 cm³/mol. The van der Waals surface area contributed by atoms with Gasteiger partial charge in [-0.25, -0.2) is 0 Å². The van der Waals surface area contributed by atoms with Crippen LogP contribution in [0.1, 0.15) is 341 Å². The van der Waals surface area contributed by atoms with Crippen molar-refractivity contribution >= 4 is 5.91 Å². The zero-order chi connectivity index (χ0) is 56.8. The van der Waals surface area contributed by atoms with E-state index in [2.05, 4.69) is 31.3 Å². The van der Waals surface area contributed by atoms with Crippen LogP contribution in [0.25, 0.3) is 0 Å². The molecule has 9 atom stereocenters. The standard InChI is InChI=1S/C67H131NO10/c1-3-5-7-9-11-13-15-17-19-21-23-25-26-27-28-29-30-31-32-33-34-35-37-39-41-43-45-47-49-51-53-55-60(71)66(76)68-58(57-77-67-65(75)64(74)63(73)61(56-69)78-67)62(72)59(70)54-52-50-48-46-44-42-40-38-36-24-22-20-18-16-14-12-10-8-6-4-2/h27-28,58-65,67,69-75H,3-26,29-57H2,1-2H3,(H,68,76)/b28-27-. The quantitative estimate of drug-likeness (QED) is 0.0215. The van der Waals surface area contributed by atoms with Crippen molar-refractivity contribution in [3.63, 3.8) is 0 Å². The molecule has 0 aromatic carbocycles. The molecule has 0 aliphatic carbocycles. The molecule has 464 valence electrons. The lowest BCUT2D eigenvalue weighted by Gasteiger charge is -2.40. The monoisotopic (exact) mass is 1110 g/mol. The van der Waals surface area contributed by atoms with E-state index in [1.807, 2.05) is 0 Å². The van der Waals surface area contributed by atoms with Crippen molar-refractivity contribution in [3.05, 3.63) is 12.2 Å². The summed E-state index contributed by atoms with van der Waals surface area (Å²) in [5.74, 6) is -0.689. The van der Waals surface area contributed by atoms with E-state index in [1.165, 1.54) is 263 Å². The largest absolute Gasteiger partial charge is 0.394 e. The van der Waals surface area contributed by atoms with E-state index in [0.717, 1.165) is 38.5 Å². The van der Waals surface area contributed by atoms with Crippen molar-refractivity contribution in [2.75, 3.05) is 13.2 Å². The summed E-state index contributed by atoms with van der Waals surface area (Å²) in [4.78, 5) is 13.2. The Hall–Kier alpha value is -1.15. The number of rotatable bonds is 60. The van der Waals surface area contributed by atoms with Gasteiger partial charge in [-0.15, -0.1) is 0 Å². The number of aliphatic hydroxyl groups is 7. The molecular formula is C67H131NO10. The van der Waals surface area contributed by atoms with Crippen molar-refractivity contribution in [2.45, 2.75) is 396 Å². The Morgan fingerprint density at radius 3 is 1.08 bits per heavy atom. The number of hydrogen-bond donors (Lipinski definition) is 8. The van der Waals surface area contributed by atoms with Crippen molar-refractivity contribution in [2.24, 2.45) is 0 Å². The Morgan fingerprint density at radius 1 is 0.436 bits per heavy atom. The number of aliphatic hydroxyl groups excluding tert-OH is 7. The molecule has 11 heteroatoms. The minimum Gasteiger partial charge on any atom is -0.394 e. The van der Waals surface area contributed by atoms with Gasteiger partial charge >= 0.3 is 0 Å². The lowest BCUT2D eigenvalue weighted by molar-refractivity contribution is -0.303. The molecule has 1 heterocycles. The third-order valence-electron chi connectivity index (χ3n) is 16.8. The molecular weight excluding hydrogens is 979 g/mol. The number of carbonyl (C=O) groups is 1. The van der Waals surface area contributed by atoms with Crippen molar-refractivity contribution in [1.82, 2.24) is 5.32 Å². The summed E-state index contributed by atoms with van der Waals surface area (Å²) in [5.41, 5.74) is 0. The van der Waals surface area contributed by atoms with Crippen LogP contribution < -0.4 is 5.32 Å². The smallest absolute Gasteiger partial charge is 0.249 e. The second-order valence-electron chi connectivity index (χ2n) is 24.3. The minimum atomic E-state index is -1.66. The van der Waals surface area contributed by atoms with E-state index in [1.54, 1.807) is 0 Å². The van der Waals surface area contributed by atoms with Gasteiger partial charge < -0.3 is 50.5 Å². The zero-order valence-electron chi connectivity index (χ0n) is 51.2. The third-order valence-corrected chi connectivity index (χ3v) is 16.8. The number of unbranched alkanes of at least 4 members (excludes halogenated alkanes) is 46. The molecule has 8 N–H and O–H groups in total. The van der Waals surface area contributed by atoms with Gasteiger partial charge in [-0.05, 0) is 38.5 Å². The van der Waals surface area contributed by atoms with Crippen molar-refractivity contribution in [1.29, 1.82) is 0 Å². The average Bonchev–Trinajstić information content (AvgIpc) is 3.46. The average molecular weight is 1110 g/mol. The number of hydrogen-bond acceptors (Lipinski definition) is 10. The fourth-order valence-corrected chi connectivity index (χ4v) is 11.3. The van der Waals surface area contributed by atoms with E-state index in [0.29, 0.717) is 19.3 Å². The molecule has 9 unspecified atom stereocenters. The van der Waals surface area contributed by atoms with Gasteiger partial charge in [0, 0.05) is 0 Å². The molecule has 0 saturated carbocycles. The Balaban J connectivity index is 2.19. The highest BCUT2D eigenvalue weighted by atomic mass is 16.7. The molecule has 11 nitrogen and oxygen atoms in total. The lowest BCUT2D eigenvalue weighted by Crippen LogP contribution is -2.60. The van der Waals surface area contributed by atoms with Crippen molar-refractivity contribution in [3.8, 4) is 0 Å². The molecule has 0 aromatic heterocycles. The molecule has 78 heavy (non-hydrogen) atoms. The first-order valence-electron chi connectivity index (χ1n) is 34.1. The number of amides is 1. The summed E-state index contributed by atoms with van der Waals surface area (Å²) in [5, 5.41) is 76.4. The number of allylic oxidation sites excluding steroid dienone is 2. The third kappa shape index (κ3) is 43.5. The first-order valence-corrected chi connectivity index (χ1v) is 34.1. The maximum atomic E-state index is 13.2. The SMILES string of the molecule is CCCCCCCCCCCCCC/C=C\CCCCCCCCCCCCCCCCCC(O)C(=O)NC(COC1OC(CO)C(O)C(O)C1O)C(O)C(O)CCCCCCCCCCCCCCCCCCCCCC. The van der Waals surface area contributed by atoms with E-state index in [-0.39, 0.29) is 6.42 Å². The molecule has 1 amide bonds. The molecule has 1 aliphatic rings. The first-order chi connectivity index (χ1) is 38.2. The fraction of sp³-hybridized carbons (Fsp3) is 0.955. The number of ether oxygens (including phenoxy) is 2. The molecule has 1 rings (SSSR count). The highest BCUT2D eigenvalue weighted by Crippen LogP contribution is 2.24. The predicted octanol–water partition coefficient (Wildman–Crippen LogP) is 15.9. The topological polar surface area (TPSA) is 189 Å². The van der Waals surface area contributed by atoms with Gasteiger partial charge in [-0.2, -0.15) is 0 Å². The van der Waals surface area contributed by atoms with Crippen LogP contribution >= 0.6 is 0 Å². The van der Waals surface area contributed by atoms with E-state index in [9.17, 15) is 40.5 Å². The first kappa shape index (κ1) is 74.9. The molecule has 1 saturated heterocycles. The van der Waals surface area contributed by atoms with Crippen LogP contribution in [0, 0.1) is 0 Å². The van der Waals surface area contributed by atoms with Crippen LogP contribution in [0.4, 0.5) is 0 Å². The van der Waals surface area contributed by atoms with E-state index < -0.39 is 74.2 Å². The summed E-state index contributed by atoms with van der Waals surface area (Å²) in [6.07, 6.45) is 57.1. The molecule has 0 bridgehead atoms. The number of carbonyl (C=O) groups excluding carboxylic acids is 1. The van der Waals surface area contributed by atoms with Gasteiger partial charge in [0.2, 0.25) is 5.91 Å². The van der Waals surface area contributed by atoms with Crippen molar-refractivity contribution < 1.29 is 50.0 Å². The van der Waals surface area contributed by atoms with Crippen LogP contribution in [0.5, 0.6) is 0 Å². The van der Waals surface area contributed by atoms with Gasteiger partial charge in [-0.1, -0.05) is 315 Å². The lowest BCUT2D eigenvalue weighted by atomic mass is 9.98. The Kier molecular flexibility index (Phi) is 54.1. The maximum absolute atomic E-state index is 13.2. The summed E-state index contributed by atoms with van der Waals surface area (Å²) in [6, 6.07) is -1.17. The Labute approximate surface area is 481 Å². The number of nitrogens with one attached hydrogen (secondary N) is 1. The van der Waals surface area contributed by atoms with Crippen LogP contribution in [0.15, 0.2) is 12.2 Å². The normalized spacial score (nSPS) is 19.4. The van der Waals surface area contributed by atoms with Gasteiger partial charge in [-0.3, -0.25) is 4.79 Å². The fourth-order valence-electron chi connectivity index (χ4n) is 11.3. The van der Waals surface area contributed by atoms with Gasteiger partial charge in [0.25, 0.3) is 0 Å². The van der Waals surface area contributed by atoms with Gasteiger partial charge in [0.05, 0.1) is 25.4 Å². The van der Waals surface area contributed by atoms with Crippen LogP contribution in [-0.2, 0) is 14.3 Å². The van der Waals surface area contributed by atoms with Gasteiger partial charge in [0.1, 0.15) is 36.6 Å². The van der Waals surface area contributed by atoms with Gasteiger partial charge in [0.15, 0.2) is 6.29 Å². The Bertz CT molecular complexity index is 1270. The maximum Gasteiger partial charge on any atom is 0.249 e. The van der Waals surface area contributed by atoms with Crippen LogP contribution in [0.3, 0.4) is 0 Å². The van der Waals surface area contributed by atoms with Crippen LogP contribution in [0.2, 0.25) is 0 Å². The van der Waals surface area contributed by atoms with E-state index >= 15 is 0 Å². The molecule has 0 aromatic rings. The summed E-state index contributed by atoms with van der Waals surface area (Å²) in [6.45, 7) is 3.51. The summed E-state index contributed by atoms with van der Waals surface area (Å²) in [7, 11) is 0. The van der Waals surface area contributed by atoms with Crippen LogP contribution in [-0.4, -0.2) is 110 Å². The molecule has 0 radical (unpaired) electrons. The second kappa shape index (κ2) is 56.3. The summed E-state index contributed by atoms with van der Waals surface area (Å²) >= 11 is 0. The van der Waals surface area contributed by atoms with E-state index in [4.69, 9.17) is 9.47 Å². The minimum absolute atomic E-state index is 0.265. The molecule has 0 spiro atoms.